The third-order valence-corrected chi connectivity index (χ3v) is 4.63. The van der Waals surface area contributed by atoms with Crippen LogP contribution in [0.25, 0.3) is 0 Å². The normalized spacial score (nSPS) is 12.1. The van der Waals surface area contributed by atoms with Crippen LogP contribution >= 0.6 is 11.6 Å². The van der Waals surface area contributed by atoms with Gasteiger partial charge in [0.2, 0.25) is 11.8 Å². The molecular weight excluding hydrogens is 352 g/mol. The van der Waals surface area contributed by atoms with Gasteiger partial charge in [-0.25, -0.2) is 0 Å². The molecule has 1 aromatic heterocycles. The fraction of sp³-hybridized carbons (Fsp3) is 0.421. The van der Waals surface area contributed by atoms with Gasteiger partial charge in [0.1, 0.15) is 0 Å². The molecule has 2 amide bonds. The highest BCUT2D eigenvalue weighted by Gasteiger charge is 2.24. The van der Waals surface area contributed by atoms with E-state index in [4.69, 9.17) is 11.6 Å². The summed E-state index contributed by atoms with van der Waals surface area (Å²) >= 11 is 5.92. The van der Waals surface area contributed by atoms with Crippen LogP contribution in [0.1, 0.15) is 36.7 Å². The predicted octanol–water partition coefficient (Wildman–Crippen LogP) is 3.18. The van der Waals surface area contributed by atoms with Crippen molar-refractivity contribution in [2.45, 2.75) is 33.6 Å². The maximum Gasteiger partial charge on any atom is 0.243 e. The van der Waals surface area contributed by atoms with Crippen LogP contribution in [0, 0.1) is 19.8 Å². The van der Waals surface area contributed by atoms with Gasteiger partial charge in [-0.2, -0.15) is 5.10 Å². The van der Waals surface area contributed by atoms with E-state index in [9.17, 15) is 9.59 Å². The van der Waals surface area contributed by atoms with Gasteiger partial charge in [0.05, 0.1) is 29.5 Å². The number of carbonyl (C=O) groups is 2. The lowest BCUT2D eigenvalue weighted by atomic mass is 9.87. The zero-order valence-corrected chi connectivity index (χ0v) is 16.5. The molecule has 7 heteroatoms. The van der Waals surface area contributed by atoms with E-state index in [2.05, 4.69) is 15.7 Å². The minimum absolute atomic E-state index is 0.0852. The van der Waals surface area contributed by atoms with Crippen molar-refractivity contribution in [2.24, 2.45) is 13.0 Å². The molecule has 1 heterocycles. The monoisotopic (exact) mass is 376 g/mol. The quantitative estimate of drug-likeness (QED) is 0.812. The summed E-state index contributed by atoms with van der Waals surface area (Å²) in [6.07, 6.45) is 0. The van der Waals surface area contributed by atoms with Gasteiger partial charge in [-0.05, 0) is 37.5 Å². The molecule has 0 aliphatic heterocycles. The Morgan fingerprint density at radius 3 is 2.31 bits per heavy atom. The third-order valence-electron chi connectivity index (χ3n) is 4.37. The minimum atomic E-state index is -0.345. The van der Waals surface area contributed by atoms with Crippen LogP contribution in [0.4, 0.5) is 5.69 Å². The second-order valence-corrected chi connectivity index (χ2v) is 7.15. The largest absolute Gasteiger partial charge is 0.346 e. The lowest BCUT2D eigenvalue weighted by Gasteiger charge is -2.20. The molecular formula is C19H25ClN4O2. The number of carbonyl (C=O) groups excluding carboxylic acids is 2. The topological polar surface area (TPSA) is 76.0 Å². The Balaban J connectivity index is 2.01. The van der Waals surface area contributed by atoms with E-state index in [0.29, 0.717) is 10.7 Å². The molecule has 1 atom stereocenters. The van der Waals surface area contributed by atoms with Crippen molar-refractivity contribution in [3.8, 4) is 0 Å². The molecule has 6 nitrogen and oxygen atoms in total. The molecule has 2 rings (SSSR count). The van der Waals surface area contributed by atoms with Gasteiger partial charge in [-0.1, -0.05) is 37.6 Å². The maximum absolute atomic E-state index is 12.6. The molecule has 0 bridgehead atoms. The van der Waals surface area contributed by atoms with E-state index in [-0.39, 0.29) is 30.2 Å². The van der Waals surface area contributed by atoms with Crippen LogP contribution in [0.15, 0.2) is 24.3 Å². The van der Waals surface area contributed by atoms with Crippen molar-refractivity contribution < 1.29 is 9.59 Å². The third kappa shape index (κ3) is 4.64. The molecule has 0 unspecified atom stereocenters. The number of hydrogen-bond acceptors (Lipinski definition) is 3. The van der Waals surface area contributed by atoms with Crippen molar-refractivity contribution in [2.75, 3.05) is 11.9 Å². The van der Waals surface area contributed by atoms with Crippen LogP contribution in [-0.2, 0) is 16.6 Å². The van der Waals surface area contributed by atoms with Crippen LogP contribution in [0.3, 0.4) is 0 Å². The fourth-order valence-corrected chi connectivity index (χ4v) is 3.05. The number of hydrogen-bond donors (Lipinski definition) is 2. The molecule has 0 spiro atoms. The van der Waals surface area contributed by atoms with Crippen molar-refractivity contribution in [3.63, 3.8) is 0 Å². The molecule has 0 radical (unpaired) electrons. The second kappa shape index (κ2) is 8.36. The van der Waals surface area contributed by atoms with E-state index in [1.165, 1.54) is 0 Å². The van der Waals surface area contributed by atoms with E-state index in [1.807, 2.05) is 46.9 Å². The number of halogens is 1. The summed E-state index contributed by atoms with van der Waals surface area (Å²) in [5, 5.41) is 10.4. The van der Waals surface area contributed by atoms with Crippen molar-refractivity contribution in [3.05, 3.63) is 46.2 Å². The number of benzene rings is 1. The van der Waals surface area contributed by atoms with Crippen LogP contribution < -0.4 is 10.6 Å². The van der Waals surface area contributed by atoms with Crippen LogP contribution in [-0.4, -0.2) is 28.1 Å². The first kappa shape index (κ1) is 20.0. The maximum atomic E-state index is 12.6. The van der Waals surface area contributed by atoms with Crippen molar-refractivity contribution in [1.82, 2.24) is 15.1 Å². The zero-order valence-electron chi connectivity index (χ0n) is 15.8. The number of rotatable bonds is 6. The average molecular weight is 377 g/mol. The summed E-state index contributed by atoms with van der Waals surface area (Å²) in [5.41, 5.74) is 3.17. The predicted molar refractivity (Wildman–Crippen MR) is 103 cm³/mol. The Labute approximate surface area is 158 Å². The van der Waals surface area contributed by atoms with E-state index in [1.54, 1.807) is 16.8 Å². The lowest BCUT2D eigenvalue weighted by Crippen LogP contribution is -2.37. The van der Waals surface area contributed by atoms with Gasteiger partial charge >= 0.3 is 0 Å². The number of aromatic nitrogens is 2. The van der Waals surface area contributed by atoms with Gasteiger partial charge in [-0.3, -0.25) is 14.3 Å². The summed E-state index contributed by atoms with van der Waals surface area (Å²) < 4.78 is 1.71. The SMILES string of the molecule is Cc1nn(C)c(C)c1NC(=O)CNC(=O)[C@@H](c1ccc(Cl)cc1)C(C)C. The number of amides is 2. The Kier molecular flexibility index (Phi) is 6.42. The molecule has 0 fully saturated rings. The molecule has 2 aromatic rings. The van der Waals surface area contributed by atoms with Crippen LogP contribution in [0.2, 0.25) is 5.02 Å². The summed E-state index contributed by atoms with van der Waals surface area (Å²) in [4.78, 5) is 24.8. The fourth-order valence-electron chi connectivity index (χ4n) is 2.92. The first-order valence-electron chi connectivity index (χ1n) is 8.54. The molecule has 0 aliphatic carbocycles. The number of anilines is 1. The van der Waals surface area contributed by atoms with Gasteiger partial charge in [0.25, 0.3) is 0 Å². The summed E-state index contributed by atoms with van der Waals surface area (Å²) in [5.74, 6) is -0.725. The van der Waals surface area contributed by atoms with Crippen LogP contribution in [0.5, 0.6) is 0 Å². The smallest absolute Gasteiger partial charge is 0.243 e. The first-order valence-corrected chi connectivity index (χ1v) is 8.91. The summed E-state index contributed by atoms with van der Waals surface area (Å²) in [7, 11) is 1.82. The Morgan fingerprint density at radius 2 is 1.81 bits per heavy atom. The number of aryl methyl sites for hydroxylation is 2. The lowest BCUT2D eigenvalue weighted by molar-refractivity contribution is -0.126. The first-order chi connectivity index (χ1) is 12.2. The molecule has 0 saturated heterocycles. The molecule has 0 saturated carbocycles. The van der Waals surface area contributed by atoms with Gasteiger partial charge in [0, 0.05) is 12.1 Å². The highest BCUT2D eigenvalue weighted by molar-refractivity contribution is 6.30. The number of nitrogens with zero attached hydrogens (tertiary/aromatic N) is 2. The molecule has 1 aromatic carbocycles. The summed E-state index contributed by atoms with van der Waals surface area (Å²) in [6.45, 7) is 7.56. The van der Waals surface area contributed by atoms with E-state index in [0.717, 1.165) is 17.0 Å². The van der Waals surface area contributed by atoms with E-state index >= 15 is 0 Å². The Bertz CT molecular complexity index is 797. The highest BCUT2D eigenvalue weighted by atomic mass is 35.5. The Morgan fingerprint density at radius 1 is 1.19 bits per heavy atom. The molecule has 140 valence electrons. The van der Waals surface area contributed by atoms with Gasteiger partial charge in [-0.15, -0.1) is 0 Å². The highest BCUT2D eigenvalue weighted by Crippen LogP contribution is 2.26. The molecule has 0 aliphatic rings. The molecule has 26 heavy (non-hydrogen) atoms. The zero-order chi connectivity index (χ0) is 19.4. The minimum Gasteiger partial charge on any atom is -0.346 e. The van der Waals surface area contributed by atoms with Gasteiger partial charge in [0.15, 0.2) is 0 Å². The molecule has 2 N–H and O–H groups in total. The Hall–Kier alpha value is -2.34. The van der Waals surface area contributed by atoms with Crippen molar-refractivity contribution in [1.29, 1.82) is 0 Å². The number of nitrogens with one attached hydrogen (secondary N) is 2. The van der Waals surface area contributed by atoms with Crippen molar-refractivity contribution >= 4 is 29.1 Å². The summed E-state index contributed by atoms with van der Waals surface area (Å²) in [6, 6.07) is 7.21. The second-order valence-electron chi connectivity index (χ2n) is 6.71. The van der Waals surface area contributed by atoms with E-state index < -0.39 is 0 Å². The average Bonchev–Trinajstić information content (AvgIpc) is 2.81. The standard InChI is InChI=1S/C19H25ClN4O2/c1-11(2)17(14-6-8-15(20)9-7-14)19(26)21-10-16(25)22-18-12(3)23-24(5)13(18)4/h6-9,11,17H,10H2,1-5H3,(H,21,26)(H,22,25)/t17-/m1/s1. The van der Waals surface area contributed by atoms with Gasteiger partial charge < -0.3 is 10.6 Å².